The number of hydrogen-bond acceptors (Lipinski definition) is 10. The molecule has 3 N–H and O–H groups in total. The molecule has 0 saturated carbocycles. The molecule has 3 aromatic carbocycles. The first kappa shape index (κ1) is 31.1. The van der Waals surface area contributed by atoms with E-state index in [9.17, 15) is 14.7 Å². The Morgan fingerprint density at radius 1 is 0.800 bits per heavy atom. The fraction of sp³-hybridized carbons (Fsp3) is 0.167. The molecule has 8 rings (SSSR count). The van der Waals surface area contributed by atoms with Crippen LogP contribution in [0.3, 0.4) is 0 Å². The van der Waals surface area contributed by atoms with Crippen molar-refractivity contribution in [3.05, 3.63) is 127 Å². The van der Waals surface area contributed by atoms with Gasteiger partial charge in [0.1, 0.15) is 36.8 Å². The maximum atomic E-state index is 12.8. The normalized spacial score (nSPS) is 21.1. The molecule has 250 valence electrons. The summed E-state index contributed by atoms with van der Waals surface area (Å²) in [6.45, 7) is -0.0802. The summed E-state index contributed by atoms with van der Waals surface area (Å²) in [5.41, 5.74) is 4.12. The van der Waals surface area contributed by atoms with E-state index >= 15 is 0 Å². The number of carbonyl (C=O) groups excluding carboxylic acids is 1. The first-order valence-corrected chi connectivity index (χ1v) is 15.8. The number of benzene rings is 3. The molecule has 0 radical (unpaired) electrons. The van der Waals surface area contributed by atoms with Gasteiger partial charge in [-0.15, -0.1) is 0 Å². The van der Waals surface area contributed by atoms with Gasteiger partial charge in [0.15, 0.2) is 29.5 Å². The summed E-state index contributed by atoms with van der Waals surface area (Å²) in [6.07, 6.45) is 0.807. The number of aromatic nitrogens is 5. The Labute approximate surface area is 284 Å². The molecule has 2 amide bonds. The summed E-state index contributed by atoms with van der Waals surface area (Å²) >= 11 is 0. The first-order chi connectivity index (χ1) is 24.5. The van der Waals surface area contributed by atoms with E-state index in [0.29, 0.717) is 16.9 Å². The molecule has 14 heteroatoms. The number of nitrogens with zero attached hydrogens (tertiary/aromatic N) is 5. The fourth-order valence-electron chi connectivity index (χ4n) is 6.10. The van der Waals surface area contributed by atoms with Crippen molar-refractivity contribution in [1.29, 1.82) is 0 Å². The molecule has 5 heterocycles. The second-order valence-electron chi connectivity index (χ2n) is 11.6. The van der Waals surface area contributed by atoms with Crippen LogP contribution in [0, 0.1) is 0 Å². The zero-order valence-corrected chi connectivity index (χ0v) is 26.2. The van der Waals surface area contributed by atoms with Crippen LogP contribution in [0.5, 0.6) is 5.88 Å². The predicted octanol–water partition coefficient (Wildman–Crippen LogP) is 5.69. The molecule has 3 aromatic heterocycles. The maximum absolute atomic E-state index is 12.8. The maximum Gasteiger partial charge on any atom is 0.341 e. The molecule has 0 spiro atoms. The molecule has 2 fully saturated rings. The Morgan fingerprint density at radius 3 is 2.40 bits per heavy atom. The van der Waals surface area contributed by atoms with Crippen molar-refractivity contribution < 1.29 is 33.6 Å². The highest BCUT2D eigenvalue weighted by atomic mass is 16.8. The zero-order valence-electron chi connectivity index (χ0n) is 26.2. The van der Waals surface area contributed by atoms with E-state index in [1.165, 1.54) is 24.7 Å². The van der Waals surface area contributed by atoms with Crippen molar-refractivity contribution in [3.8, 4) is 17.0 Å². The van der Waals surface area contributed by atoms with Gasteiger partial charge in [-0.1, -0.05) is 66.7 Å². The summed E-state index contributed by atoms with van der Waals surface area (Å²) in [4.78, 5) is 41.9. The van der Waals surface area contributed by atoms with E-state index in [4.69, 9.17) is 18.9 Å². The molecule has 50 heavy (non-hydrogen) atoms. The van der Waals surface area contributed by atoms with E-state index < -0.39 is 42.8 Å². The van der Waals surface area contributed by atoms with Crippen molar-refractivity contribution in [3.63, 3.8) is 0 Å². The van der Waals surface area contributed by atoms with Gasteiger partial charge in [-0.25, -0.2) is 29.5 Å². The minimum absolute atomic E-state index is 0.0417. The van der Waals surface area contributed by atoms with E-state index in [1.54, 1.807) is 23.0 Å². The van der Waals surface area contributed by atoms with E-state index in [-0.39, 0.29) is 23.9 Å². The Kier molecular flexibility index (Phi) is 8.30. The summed E-state index contributed by atoms with van der Waals surface area (Å²) in [5.74, 6) is -1.01. The molecular formula is C36H29N7O7. The van der Waals surface area contributed by atoms with Crippen molar-refractivity contribution >= 4 is 34.7 Å². The van der Waals surface area contributed by atoms with Gasteiger partial charge in [0.25, 0.3) is 0 Å². The zero-order chi connectivity index (χ0) is 34.0. The molecular weight excluding hydrogens is 642 g/mol. The first-order valence-electron chi connectivity index (χ1n) is 15.8. The lowest BCUT2D eigenvalue weighted by molar-refractivity contribution is -0.152. The largest absolute Gasteiger partial charge is 0.477 e. The number of para-hydroxylation sites is 1. The highest BCUT2D eigenvalue weighted by molar-refractivity contribution is 6.02. The molecule has 6 aromatic rings. The van der Waals surface area contributed by atoms with E-state index in [2.05, 4.69) is 30.6 Å². The SMILES string of the molecule is O=C(Nc1ccccc1)Nc1ncnc2c1ncn2[C@@H]1O[C@H](COc2ncccc2C(=O)O)[C@H]2OC(c3cccc(-c4ccccc4)c3)O[C@H]21. The van der Waals surface area contributed by atoms with Crippen LogP contribution in [0.2, 0.25) is 0 Å². The number of nitrogens with one attached hydrogen (secondary N) is 2. The number of fused-ring (bicyclic) bond motifs is 2. The number of imidazole rings is 1. The van der Waals surface area contributed by atoms with Crippen molar-refractivity contribution in [1.82, 2.24) is 24.5 Å². The van der Waals surface area contributed by atoms with Gasteiger partial charge in [-0.05, 0) is 41.5 Å². The smallest absolute Gasteiger partial charge is 0.341 e. The van der Waals surface area contributed by atoms with Crippen LogP contribution in [0.15, 0.2) is 116 Å². The number of ether oxygens (including phenoxy) is 4. The van der Waals surface area contributed by atoms with E-state index in [0.717, 1.165) is 16.7 Å². The lowest BCUT2D eigenvalue weighted by Gasteiger charge is -2.22. The molecule has 5 atom stereocenters. The van der Waals surface area contributed by atoms with Crippen LogP contribution in [-0.4, -0.2) is 66.5 Å². The Hall–Kier alpha value is -6.22. The van der Waals surface area contributed by atoms with Crippen LogP contribution >= 0.6 is 0 Å². The lowest BCUT2D eigenvalue weighted by Crippen LogP contribution is -2.33. The van der Waals surface area contributed by atoms with Gasteiger partial charge in [0.05, 0.1) is 6.33 Å². The molecule has 0 bridgehead atoms. The number of hydrogen-bond donors (Lipinski definition) is 3. The molecule has 14 nitrogen and oxygen atoms in total. The average molecular weight is 672 g/mol. The highest BCUT2D eigenvalue weighted by Gasteiger charge is 2.54. The third-order valence-corrected chi connectivity index (χ3v) is 8.40. The van der Waals surface area contributed by atoms with Gasteiger partial charge >= 0.3 is 12.0 Å². The third kappa shape index (κ3) is 6.09. The number of pyridine rings is 1. The van der Waals surface area contributed by atoms with Gasteiger partial charge in [0, 0.05) is 17.4 Å². The van der Waals surface area contributed by atoms with Gasteiger partial charge in [-0.3, -0.25) is 9.88 Å². The number of amides is 2. The Morgan fingerprint density at radius 2 is 1.58 bits per heavy atom. The quantitative estimate of drug-likeness (QED) is 0.172. The van der Waals surface area contributed by atoms with Gasteiger partial charge in [0.2, 0.25) is 5.88 Å². The van der Waals surface area contributed by atoms with Gasteiger partial charge in [-0.2, -0.15) is 0 Å². The molecule has 2 aliphatic heterocycles. The second kappa shape index (κ2) is 13.4. The van der Waals surface area contributed by atoms with Crippen LogP contribution < -0.4 is 15.4 Å². The number of aromatic carboxylic acids is 1. The van der Waals surface area contributed by atoms with Crippen molar-refractivity contribution in [2.24, 2.45) is 0 Å². The third-order valence-electron chi connectivity index (χ3n) is 8.40. The second-order valence-corrected chi connectivity index (χ2v) is 11.6. The van der Waals surface area contributed by atoms with Crippen LogP contribution in [0.1, 0.15) is 28.4 Å². The number of carboxylic acids is 1. The Balaban J connectivity index is 1.09. The van der Waals surface area contributed by atoms with Crippen molar-refractivity contribution in [2.75, 3.05) is 17.2 Å². The summed E-state index contributed by atoms with van der Waals surface area (Å²) in [6, 6.07) is 29.4. The summed E-state index contributed by atoms with van der Waals surface area (Å²) < 4.78 is 27.2. The number of rotatable bonds is 9. The predicted molar refractivity (Wildman–Crippen MR) is 179 cm³/mol. The van der Waals surface area contributed by atoms with Crippen LogP contribution in [0.4, 0.5) is 16.3 Å². The molecule has 0 aliphatic carbocycles. The van der Waals surface area contributed by atoms with Crippen molar-refractivity contribution in [2.45, 2.75) is 30.8 Å². The average Bonchev–Trinajstić information content (AvgIpc) is 3.87. The van der Waals surface area contributed by atoms with E-state index in [1.807, 2.05) is 72.8 Å². The highest BCUT2D eigenvalue weighted by Crippen LogP contribution is 2.45. The molecule has 2 aliphatic rings. The lowest BCUT2D eigenvalue weighted by atomic mass is 10.0. The van der Waals surface area contributed by atoms with Crippen LogP contribution in [0.25, 0.3) is 22.3 Å². The minimum atomic E-state index is -1.17. The number of carbonyl (C=O) groups is 2. The Bertz CT molecular complexity index is 2170. The number of urea groups is 1. The number of anilines is 2. The molecule has 1 unspecified atom stereocenters. The van der Waals surface area contributed by atoms with Crippen LogP contribution in [-0.2, 0) is 14.2 Å². The summed E-state index contributed by atoms with van der Waals surface area (Å²) in [7, 11) is 0. The van der Waals surface area contributed by atoms with Gasteiger partial charge < -0.3 is 29.4 Å². The number of carboxylic acid groups (broad SMARTS) is 1. The summed E-state index contributed by atoms with van der Waals surface area (Å²) in [5, 5.41) is 15.2. The standard InChI is InChI=1S/C36H29N7O7/c44-34(45)25-15-8-16-37-32(25)47-18-26-28-29(50-35(49-28)23-12-7-11-22(17-23)21-9-3-1-4-10-21)33(48-26)43-20-40-27-30(38-19-39-31(27)43)42-36(46)41-24-13-5-2-6-14-24/h1-17,19-20,26,28-29,33,35H,18H2,(H,44,45)(H2,38,39,41,42,46)/t26-,28-,29-,33-,35?/m1/s1. The molecule has 2 saturated heterocycles. The minimum Gasteiger partial charge on any atom is -0.477 e. The monoisotopic (exact) mass is 671 g/mol. The topological polar surface area (TPSA) is 172 Å². The fourth-order valence-corrected chi connectivity index (χ4v) is 6.10.